The monoisotopic (exact) mass is 479 g/mol. The Bertz CT molecular complexity index is 1330. The van der Waals surface area contributed by atoms with E-state index in [4.69, 9.17) is 4.98 Å². The molecule has 4 aromatic rings. The van der Waals surface area contributed by atoms with Gasteiger partial charge >= 0.3 is 0 Å². The molecule has 0 bridgehead atoms. The number of carbonyl (C=O) groups is 1. The lowest BCUT2D eigenvalue weighted by Gasteiger charge is -2.46. The Morgan fingerprint density at radius 1 is 0.917 bits per heavy atom. The maximum Gasteiger partial charge on any atom is 0.253 e. The second-order valence-corrected chi connectivity index (χ2v) is 9.77. The number of amides is 1. The summed E-state index contributed by atoms with van der Waals surface area (Å²) in [6, 6.07) is 27.6. The summed E-state index contributed by atoms with van der Waals surface area (Å²) in [7, 11) is 0. The fourth-order valence-corrected chi connectivity index (χ4v) is 5.37. The number of nitrogens with one attached hydrogen (secondary N) is 1. The third-order valence-electron chi connectivity index (χ3n) is 7.26. The van der Waals surface area contributed by atoms with Gasteiger partial charge in [-0.05, 0) is 37.3 Å². The lowest BCUT2D eigenvalue weighted by Crippen LogP contribution is -2.46. The molecule has 1 atom stereocenters. The second kappa shape index (κ2) is 10.6. The van der Waals surface area contributed by atoms with Crippen LogP contribution in [-0.4, -0.2) is 28.6 Å². The van der Waals surface area contributed by atoms with Crippen molar-refractivity contribution in [3.05, 3.63) is 107 Å². The van der Waals surface area contributed by atoms with Gasteiger partial charge in [-0.1, -0.05) is 85.8 Å². The van der Waals surface area contributed by atoms with E-state index in [0.29, 0.717) is 18.7 Å². The highest BCUT2D eigenvalue weighted by Gasteiger charge is 2.29. The molecule has 2 heterocycles. The van der Waals surface area contributed by atoms with Gasteiger partial charge in [-0.25, -0.2) is 4.98 Å². The van der Waals surface area contributed by atoms with Gasteiger partial charge in [-0.15, -0.1) is 0 Å². The molecule has 1 fully saturated rings. The molecule has 0 spiro atoms. The van der Waals surface area contributed by atoms with Crippen molar-refractivity contribution in [2.24, 2.45) is 0 Å². The van der Waals surface area contributed by atoms with Gasteiger partial charge in [0.05, 0.1) is 35.9 Å². The van der Waals surface area contributed by atoms with Crippen molar-refractivity contribution in [1.29, 1.82) is 0 Å². The summed E-state index contributed by atoms with van der Waals surface area (Å²) < 4.78 is -0.309. The molecule has 5 heteroatoms. The van der Waals surface area contributed by atoms with Crippen molar-refractivity contribution in [2.75, 3.05) is 13.1 Å². The molecule has 5 nitrogen and oxygen atoms in total. The Hall–Kier alpha value is -3.54. The van der Waals surface area contributed by atoms with Crippen LogP contribution in [0.4, 0.5) is 0 Å². The summed E-state index contributed by atoms with van der Waals surface area (Å²) in [5, 5.41) is 17.9. The number of nitrogens with zero attached hydrogens (tertiary/aromatic N) is 2. The number of benzene rings is 3. The predicted molar refractivity (Wildman–Crippen MR) is 145 cm³/mol. The Morgan fingerprint density at radius 2 is 1.56 bits per heavy atom. The smallest absolute Gasteiger partial charge is 0.253 e. The zero-order valence-electron chi connectivity index (χ0n) is 20.8. The molecule has 184 valence electrons. The van der Waals surface area contributed by atoms with Gasteiger partial charge in [-0.3, -0.25) is 4.79 Å². The molecule has 1 saturated heterocycles. The number of rotatable bonds is 7. The SMILES string of the molecule is CCC(NC(=O)c1c(C[N+]2([O-])CCCCC2)c(-c2ccccc2)nc2ccccc12)c1ccccc1. The van der Waals surface area contributed by atoms with E-state index in [1.807, 2.05) is 84.9 Å². The van der Waals surface area contributed by atoms with E-state index >= 15 is 0 Å². The fraction of sp³-hybridized carbons (Fsp3) is 0.290. The molecule has 1 N–H and O–H groups in total. The summed E-state index contributed by atoms with van der Waals surface area (Å²) in [5.41, 5.74) is 4.80. The van der Waals surface area contributed by atoms with Crippen molar-refractivity contribution in [3.8, 4) is 11.3 Å². The lowest BCUT2D eigenvalue weighted by atomic mass is 9.94. The summed E-state index contributed by atoms with van der Waals surface area (Å²) >= 11 is 0. The number of para-hydroxylation sites is 1. The highest BCUT2D eigenvalue weighted by Crippen LogP contribution is 2.34. The number of carbonyl (C=O) groups excluding carboxylic acids is 1. The largest absolute Gasteiger partial charge is 0.633 e. The quantitative estimate of drug-likeness (QED) is 0.235. The molecular weight excluding hydrogens is 446 g/mol. The maximum absolute atomic E-state index is 14.1. The predicted octanol–water partition coefficient (Wildman–Crippen LogP) is 6.78. The Labute approximate surface area is 213 Å². The van der Waals surface area contributed by atoms with Crippen LogP contribution in [0.2, 0.25) is 0 Å². The van der Waals surface area contributed by atoms with Crippen LogP contribution in [0.1, 0.15) is 60.1 Å². The van der Waals surface area contributed by atoms with Crippen LogP contribution in [0, 0.1) is 5.21 Å². The van der Waals surface area contributed by atoms with Gasteiger partial charge in [0.2, 0.25) is 0 Å². The number of piperidine rings is 1. The minimum Gasteiger partial charge on any atom is -0.633 e. The first-order valence-electron chi connectivity index (χ1n) is 13.0. The number of hydrogen-bond acceptors (Lipinski definition) is 3. The fourth-order valence-electron chi connectivity index (χ4n) is 5.37. The zero-order valence-corrected chi connectivity index (χ0v) is 20.8. The number of aromatic nitrogens is 1. The average molecular weight is 480 g/mol. The second-order valence-electron chi connectivity index (χ2n) is 9.77. The first-order valence-corrected chi connectivity index (χ1v) is 13.0. The molecule has 1 aliphatic rings. The van der Waals surface area contributed by atoms with E-state index in [1.165, 1.54) is 0 Å². The molecule has 0 saturated carbocycles. The standard InChI is InChI=1S/C31H33N3O2/c1-2-27(23-14-6-3-7-15-23)33-31(35)29-25-18-10-11-19-28(25)32-30(24-16-8-4-9-17-24)26(29)22-34(36)20-12-5-13-21-34/h3-4,6-11,14-19,27H,2,5,12-13,20-22H2,1H3,(H,33,35). The van der Waals surface area contributed by atoms with Crippen LogP contribution in [0.15, 0.2) is 84.9 Å². The van der Waals surface area contributed by atoms with Crippen molar-refractivity contribution >= 4 is 16.8 Å². The van der Waals surface area contributed by atoms with Crippen molar-refractivity contribution in [1.82, 2.24) is 10.3 Å². The number of likely N-dealkylation sites (tertiary alicyclic amines) is 1. The maximum atomic E-state index is 14.1. The van der Waals surface area contributed by atoms with Crippen LogP contribution >= 0.6 is 0 Å². The Morgan fingerprint density at radius 3 is 2.25 bits per heavy atom. The molecule has 3 aromatic carbocycles. The molecule has 1 unspecified atom stereocenters. The van der Waals surface area contributed by atoms with Gasteiger partial charge in [0, 0.05) is 16.5 Å². The molecule has 1 amide bonds. The van der Waals surface area contributed by atoms with Gasteiger partial charge in [0.15, 0.2) is 0 Å². The van der Waals surface area contributed by atoms with E-state index < -0.39 is 0 Å². The topological polar surface area (TPSA) is 65.0 Å². The molecule has 0 radical (unpaired) electrons. The van der Waals surface area contributed by atoms with Crippen LogP contribution in [0.5, 0.6) is 0 Å². The van der Waals surface area contributed by atoms with Crippen LogP contribution in [0.3, 0.4) is 0 Å². The van der Waals surface area contributed by atoms with E-state index in [2.05, 4.69) is 12.2 Å². The van der Waals surface area contributed by atoms with Crippen LogP contribution in [-0.2, 0) is 6.54 Å². The number of fused-ring (bicyclic) bond motifs is 1. The third kappa shape index (κ3) is 5.03. The zero-order chi connectivity index (χ0) is 25.0. The lowest BCUT2D eigenvalue weighted by molar-refractivity contribution is -0.898. The van der Waals surface area contributed by atoms with Crippen molar-refractivity contribution in [3.63, 3.8) is 0 Å². The highest BCUT2D eigenvalue weighted by molar-refractivity contribution is 6.09. The number of hydrogen-bond donors (Lipinski definition) is 1. The minimum absolute atomic E-state index is 0.121. The third-order valence-corrected chi connectivity index (χ3v) is 7.26. The molecule has 36 heavy (non-hydrogen) atoms. The number of pyridine rings is 1. The number of quaternary nitrogens is 1. The van der Waals surface area contributed by atoms with Gasteiger partial charge in [0.25, 0.3) is 5.91 Å². The first kappa shape index (κ1) is 24.2. The molecule has 5 rings (SSSR count). The van der Waals surface area contributed by atoms with E-state index in [9.17, 15) is 10.0 Å². The summed E-state index contributed by atoms with van der Waals surface area (Å²) in [5.74, 6) is -0.153. The van der Waals surface area contributed by atoms with Crippen molar-refractivity contribution < 1.29 is 9.44 Å². The van der Waals surface area contributed by atoms with E-state index in [1.54, 1.807) is 0 Å². The van der Waals surface area contributed by atoms with Crippen molar-refractivity contribution in [2.45, 2.75) is 45.2 Å². The molecule has 0 aliphatic carbocycles. The Kier molecular flexibility index (Phi) is 7.12. The van der Waals surface area contributed by atoms with E-state index in [-0.39, 0.29) is 23.1 Å². The average Bonchev–Trinajstić information content (AvgIpc) is 2.92. The first-order chi connectivity index (χ1) is 17.6. The van der Waals surface area contributed by atoms with Crippen LogP contribution in [0.25, 0.3) is 22.2 Å². The van der Waals surface area contributed by atoms with Gasteiger partial charge < -0.3 is 15.2 Å². The highest BCUT2D eigenvalue weighted by atomic mass is 16.5. The van der Waals surface area contributed by atoms with Crippen LogP contribution < -0.4 is 5.32 Å². The molecule has 1 aromatic heterocycles. The normalized spacial score (nSPS) is 15.9. The molecule has 1 aliphatic heterocycles. The summed E-state index contributed by atoms with van der Waals surface area (Å²) in [6.45, 7) is 3.46. The summed E-state index contributed by atoms with van der Waals surface area (Å²) in [4.78, 5) is 19.1. The molecular formula is C31H33N3O2. The minimum atomic E-state index is -0.309. The Balaban J connectivity index is 1.68. The van der Waals surface area contributed by atoms with Gasteiger partial charge in [0.1, 0.15) is 6.54 Å². The summed E-state index contributed by atoms with van der Waals surface area (Å²) in [6.07, 6.45) is 3.69. The van der Waals surface area contributed by atoms with E-state index in [0.717, 1.165) is 59.0 Å². The van der Waals surface area contributed by atoms with Gasteiger partial charge in [-0.2, -0.15) is 0 Å². The number of hydroxylamine groups is 3.